The number of nitrogens with one attached hydrogen (secondary N) is 2. The number of carbonyl (C=O) groups excluding carboxylic acids is 1. The standard InChI is InChI=1S/C6H10N2O/c9-5-1-2-6(3-5)4-7-8-6/h7-8H,1-4H2. The second-order valence-corrected chi connectivity index (χ2v) is 2.97. The van der Waals surface area contributed by atoms with Crippen molar-refractivity contribution >= 4 is 5.78 Å². The Morgan fingerprint density at radius 3 is 2.56 bits per heavy atom. The number of hydrogen-bond acceptors (Lipinski definition) is 3. The van der Waals surface area contributed by atoms with Gasteiger partial charge in [-0.3, -0.25) is 10.2 Å². The lowest BCUT2D eigenvalue weighted by molar-refractivity contribution is -0.118. The van der Waals surface area contributed by atoms with Crippen LogP contribution in [-0.4, -0.2) is 17.9 Å². The molecule has 1 heterocycles. The smallest absolute Gasteiger partial charge is 0.134 e. The van der Waals surface area contributed by atoms with E-state index in [2.05, 4.69) is 10.9 Å². The number of Topliss-reactive ketones (excluding diaryl/α,β-unsaturated/α-hetero) is 1. The maximum atomic E-state index is 10.8. The first-order valence-electron chi connectivity index (χ1n) is 3.33. The molecule has 0 aromatic rings. The van der Waals surface area contributed by atoms with E-state index in [1.807, 2.05) is 0 Å². The number of hydrogen-bond donors (Lipinski definition) is 2. The molecular weight excluding hydrogens is 116 g/mol. The largest absolute Gasteiger partial charge is 0.300 e. The Labute approximate surface area is 53.8 Å². The Bertz CT molecular complexity index is 151. The fraction of sp³-hybridized carbons (Fsp3) is 0.833. The van der Waals surface area contributed by atoms with Gasteiger partial charge in [0.1, 0.15) is 5.78 Å². The highest BCUT2D eigenvalue weighted by Gasteiger charge is 2.42. The predicted molar refractivity (Wildman–Crippen MR) is 32.7 cm³/mol. The van der Waals surface area contributed by atoms with Crippen LogP contribution in [0.4, 0.5) is 0 Å². The molecule has 1 saturated carbocycles. The molecule has 0 amide bonds. The van der Waals surface area contributed by atoms with Crippen LogP contribution >= 0.6 is 0 Å². The number of hydrazine groups is 1. The average molecular weight is 126 g/mol. The van der Waals surface area contributed by atoms with E-state index in [0.29, 0.717) is 5.78 Å². The lowest BCUT2D eigenvalue weighted by Crippen LogP contribution is -2.68. The molecule has 2 N–H and O–H groups in total. The molecule has 3 heteroatoms. The molecule has 0 aromatic heterocycles. The minimum Gasteiger partial charge on any atom is -0.300 e. The molecule has 0 aromatic carbocycles. The van der Waals surface area contributed by atoms with Crippen molar-refractivity contribution in [3.05, 3.63) is 0 Å². The topological polar surface area (TPSA) is 41.1 Å². The Kier molecular flexibility index (Phi) is 0.926. The highest BCUT2D eigenvalue weighted by atomic mass is 16.1. The molecule has 9 heavy (non-hydrogen) atoms. The molecule has 0 bridgehead atoms. The normalized spacial score (nSPS) is 41.6. The van der Waals surface area contributed by atoms with Crippen molar-refractivity contribution in [1.29, 1.82) is 0 Å². The van der Waals surface area contributed by atoms with Crippen LogP contribution in [0.25, 0.3) is 0 Å². The van der Waals surface area contributed by atoms with E-state index in [-0.39, 0.29) is 5.54 Å². The van der Waals surface area contributed by atoms with Gasteiger partial charge in [0.2, 0.25) is 0 Å². The van der Waals surface area contributed by atoms with Crippen molar-refractivity contribution in [3.63, 3.8) is 0 Å². The summed E-state index contributed by atoms with van der Waals surface area (Å²) in [7, 11) is 0. The van der Waals surface area contributed by atoms with Crippen molar-refractivity contribution in [2.24, 2.45) is 0 Å². The first-order valence-corrected chi connectivity index (χ1v) is 3.33. The lowest BCUT2D eigenvalue weighted by atomic mass is 9.96. The van der Waals surface area contributed by atoms with Gasteiger partial charge in [-0.15, -0.1) is 0 Å². The van der Waals surface area contributed by atoms with Gasteiger partial charge >= 0.3 is 0 Å². The molecule has 2 rings (SSSR count). The fourth-order valence-corrected chi connectivity index (χ4v) is 1.53. The zero-order chi connectivity index (χ0) is 6.32. The molecule has 0 radical (unpaired) electrons. The Morgan fingerprint density at radius 2 is 2.33 bits per heavy atom. The van der Waals surface area contributed by atoms with Gasteiger partial charge in [0, 0.05) is 19.4 Å². The van der Waals surface area contributed by atoms with Crippen LogP contribution in [0.2, 0.25) is 0 Å². The molecule has 2 aliphatic rings. The van der Waals surface area contributed by atoms with Crippen LogP contribution < -0.4 is 10.9 Å². The first kappa shape index (κ1) is 5.38. The van der Waals surface area contributed by atoms with Gasteiger partial charge in [0.15, 0.2) is 0 Å². The molecule has 2 fully saturated rings. The number of rotatable bonds is 0. The van der Waals surface area contributed by atoms with Gasteiger partial charge in [-0.05, 0) is 6.42 Å². The third-order valence-corrected chi connectivity index (χ3v) is 2.20. The summed E-state index contributed by atoms with van der Waals surface area (Å²) < 4.78 is 0. The molecule has 1 aliphatic carbocycles. The monoisotopic (exact) mass is 126 g/mol. The quantitative estimate of drug-likeness (QED) is 0.463. The van der Waals surface area contributed by atoms with Crippen molar-refractivity contribution in [2.45, 2.75) is 24.8 Å². The zero-order valence-corrected chi connectivity index (χ0v) is 5.24. The van der Waals surface area contributed by atoms with Crippen molar-refractivity contribution in [3.8, 4) is 0 Å². The van der Waals surface area contributed by atoms with E-state index in [9.17, 15) is 4.79 Å². The highest BCUT2D eigenvalue weighted by molar-refractivity contribution is 5.82. The SMILES string of the molecule is O=C1CCC2(CNN2)C1. The van der Waals surface area contributed by atoms with Crippen molar-refractivity contribution < 1.29 is 4.79 Å². The summed E-state index contributed by atoms with van der Waals surface area (Å²) in [6.07, 6.45) is 2.54. The first-order chi connectivity index (χ1) is 4.31. The summed E-state index contributed by atoms with van der Waals surface area (Å²) in [5, 5.41) is 0. The summed E-state index contributed by atoms with van der Waals surface area (Å²) >= 11 is 0. The minimum atomic E-state index is 0.178. The predicted octanol–water partition coefficient (Wildman–Crippen LogP) is -0.414. The molecular formula is C6H10N2O. The zero-order valence-electron chi connectivity index (χ0n) is 5.24. The van der Waals surface area contributed by atoms with E-state index in [0.717, 1.165) is 25.8 Å². The summed E-state index contributed by atoms with van der Waals surface area (Å²) in [6.45, 7) is 0.971. The van der Waals surface area contributed by atoms with Gasteiger partial charge in [0.25, 0.3) is 0 Å². The van der Waals surface area contributed by atoms with Crippen LogP contribution in [0.5, 0.6) is 0 Å². The highest BCUT2D eigenvalue weighted by Crippen LogP contribution is 2.28. The van der Waals surface area contributed by atoms with E-state index < -0.39 is 0 Å². The minimum absolute atomic E-state index is 0.178. The van der Waals surface area contributed by atoms with Gasteiger partial charge < -0.3 is 0 Å². The van der Waals surface area contributed by atoms with E-state index in [4.69, 9.17) is 0 Å². The molecule has 50 valence electrons. The van der Waals surface area contributed by atoms with Crippen molar-refractivity contribution in [1.82, 2.24) is 10.9 Å². The Balaban J connectivity index is 2.07. The van der Waals surface area contributed by atoms with Crippen molar-refractivity contribution in [2.75, 3.05) is 6.54 Å². The molecule has 3 nitrogen and oxygen atoms in total. The molecule has 1 spiro atoms. The summed E-state index contributed by atoms with van der Waals surface area (Å²) in [5.41, 5.74) is 6.22. The molecule has 1 unspecified atom stereocenters. The van der Waals surface area contributed by atoms with Crippen LogP contribution in [0.1, 0.15) is 19.3 Å². The number of carbonyl (C=O) groups is 1. The summed E-state index contributed by atoms with van der Waals surface area (Å²) in [4.78, 5) is 10.8. The molecule has 1 aliphatic heterocycles. The van der Waals surface area contributed by atoms with E-state index in [1.54, 1.807) is 0 Å². The van der Waals surface area contributed by atoms with E-state index in [1.165, 1.54) is 0 Å². The number of ketones is 1. The van der Waals surface area contributed by atoms with Crippen LogP contribution in [-0.2, 0) is 4.79 Å². The fourth-order valence-electron chi connectivity index (χ4n) is 1.53. The average Bonchev–Trinajstić information content (AvgIpc) is 2.09. The maximum Gasteiger partial charge on any atom is 0.134 e. The Morgan fingerprint density at radius 1 is 1.56 bits per heavy atom. The third kappa shape index (κ3) is 0.686. The summed E-state index contributed by atoms with van der Waals surface area (Å²) in [6, 6.07) is 0. The lowest BCUT2D eigenvalue weighted by Gasteiger charge is -2.39. The summed E-state index contributed by atoms with van der Waals surface area (Å²) in [5.74, 6) is 0.406. The van der Waals surface area contributed by atoms with Gasteiger partial charge in [0.05, 0.1) is 5.54 Å². The van der Waals surface area contributed by atoms with Crippen LogP contribution in [0, 0.1) is 0 Å². The molecule has 1 saturated heterocycles. The van der Waals surface area contributed by atoms with Gasteiger partial charge in [-0.25, -0.2) is 5.43 Å². The second-order valence-electron chi connectivity index (χ2n) is 2.97. The van der Waals surface area contributed by atoms with Crippen LogP contribution in [0.3, 0.4) is 0 Å². The van der Waals surface area contributed by atoms with Gasteiger partial charge in [-0.1, -0.05) is 0 Å². The van der Waals surface area contributed by atoms with E-state index >= 15 is 0 Å². The molecule has 1 atom stereocenters. The Hall–Kier alpha value is -0.410. The van der Waals surface area contributed by atoms with Gasteiger partial charge in [-0.2, -0.15) is 0 Å². The third-order valence-electron chi connectivity index (χ3n) is 2.20. The van der Waals surface area contributed by atoms with Crippen LogP contribution in [0.15, 0.2) is 0 Å². The second kappa shape index (κ2) is 1.55. The maximum absolute atomic E-state index is 10.8.